The SMILES string of the molecule is CCCCN(CCO)CC(O)COCCOC. The molecule has 0 saturated carbocycles. The van der Waals surface area contributed by atoms with Gasteiger partial charge in [-0.25, -0.2) is 0 Å². The minimum atomic E-state index is -0.504. The number of aliphatic hydroxyl groups is 2. The lowest BCUT2D eigenvalue weighted by Crippen LogP contribution is -2.37. The molecule has 0 radical (unpaired) electrons. The van der Waals surface area contributed by atoms with E-state index in [2.05, 4.69) is 11.8 Å². The molecule has 0 aromatic carbocycles. The van der Waals surface area contributed by atoms with E-state index in [1.165, 1.54) is 0 Å². The molecule has 0 heterocycles. The first-order chi connectivity index (χ1) is 8.24. The zero-order valence-electron chi connectivity index (χ0n) is 11.1. The Morgan fingerprint density at radius 1 is 1.24 bits per heavy atom. The number of rotatable bonds is 12. The van der Waals surface area contributed by atoms with Crippen molar-refractivity contribution >= 4 is 0 Å². The molecule has 0 spiro atoms. The van der Waals surface area contributed by atoms with Crippen LogP contribution in [0.25, 0.3) is 0 Å². The molecule has 17 heavy (non-hydrogen) atoms. The first-order valence-electron chi connectivity index (χ1n) is 6.32. The number of ether oxygens (including phenoxy) is 2. The zero-order chi connectivity index (χ0) is 12.9. The molecule has 0 rings (SSSR count). The van der Waals surface area contributed by atoms with Gasteiger partial charge >= 0.3 is 0 Å². The molecule has 1 unspecified atom stereocenters. The van der Waals surface area contributed by atoms with Gasteiger partial charge in [0.05, 0.1) is 32.5 Å². The number of methoxy groups -OCH3 is 1. The third-order valence-electron chi connectivity index (χ3n) is 2.46. The maximum atomic E-state index is 9.76. The van der Waals surface area contributed by atoms with E-state index in [-0.39, 0.29) is 6.61 Å². The van der Waals surface area contributed by atoms with Gasteiger partial charge in [0.1, 0.15) is 0 Å². The van der Waals surface area contributed by atoms with Crippen LogP contribution in [0.4, 0.5) is 0 Å². The van der Waals surface area contributed by atoms with Crippen LogP contribution in [0.5, 0.6) is 0 Å². The monoisotopic (exact) mass is 249 g/mol. The van der Waals surface area contributed by atoms with Gasteiger partial charge < -0.3 is 19.7 Å². The minimum absolute atomic E-state index is 0.126. The highest BCUT2D eigenvalue weighted by Crippen LogP contribution is 1.98. The highest BCUT2D eigenvalue weighted by Gasteiger charge is 2.11. The summed E-state index contributed by atoms with van der Waals surface area (Å²) in [5.41, 5.74) is 0. The van der Waals surface area contributed by atoms with Crippen LogP contribution in [0.1, 0.15) is 19.8 Å². The second kappa shape index (κ2) is 12.3. The van der Waals surface area contributed by atoms with E-state index in [1.807, 2.05) is 0 Å². The van der Waals surface area contributed by atoms with Gasteiger partial charge in [0.15, 0.2) is 0 Å². The lowest BCUT2D eigenvalue weighted by Gasteiger charge is -2.24. The number of nitrogens with zero attached hydrogens (tertiary/aromatic N) is 1. The van der Waals surface area contributed by atoms with Gasteiger partial charge in [-0.1, -0.05) is 13.3 Å². The summed E-state index contributed by atoms with van der Waals surface area (Å²) in [5.74, 6) is 0. The molecule has 0 aliphatic rings. The molecule has 0 aliphatic carbocycles. The van der Waals surface area contributed by atoms with E-state index >= 15 is 0 Å². The maximum absolute atomic E-state index is 9.76. The molecule has 0 aliphatic heterocycles. The molecule has 2 N–H and O–H groups in total. The van der Waals surface area contributed by atoms with Gasteiger partial charge in [-0.2, -0.15) is 0 Å². The quantitative estimate of drug-likeness (QED) is 0.481. The highest BCUT2D eigenvalue weighted by atomic mass is 16.5. The predicted molar refractivity (Wildman–Crippen MR) is 67.1 cm³/mol. The summed E-state index contributed by atoms with van der Waals surface area (Å²) < 4.78 is 10.1. The lowest BCUT2D eigenvalue weighted by molar-refractivity contribution is -0.00231. The summed E-state index contributed by atoms with van der Waals surface area (Å²) in [6.07, 6.45) is 1.69. The molecule has 0 amide bonds. The van der Waals surface area contributed by atoms with Crippen LogP contribution in [0.3, 0.4) is 0 Å². The van der Waals surface area contributed by atoms with Gasteiger partial charge in [0, 0.05) is 20.2 Å². The summed E-state index contributed by atoms with van der Waals surface area (Å²) in [6.45, 7) is 5.68. The van der Waals surface area contributed by atoms with Crippen LogP contribution in [-0.2, 0) is 9.47 Å². The van der Waals surface area contributed by atoms with E-state index in [4.69, 9.17) is 14.6 Å². The molecule has 0 saturated heterocycles. The Morgan fingerprint density at radius 2 is 2.00 bits per heavy atom. The van der Waals surface area contributed by atoms with E-state index in [0.29, 0.717) is 32.9 Å². The fourth-order valence-electron chi connectivity index (χ4n) is 1.53. The fourth-order valence-corrected chi connectivity index (χ4v) is 1.53. The van der Waals surface area contributed by atoms with Gasteiger partial charge in [0.2, 0.25) is 0 Å². The molecule has 0 aromatic rings. The van der Waals surface area contributed by atoms with Crippen LogP contribution in [0, 0.1) is 0 Å². The summed E-state index contributed by atoms with van der Waals surface area (Å²) >= 11 is 0. The Bertz CT molecular complexity index is 157. The summed E-state index contributed by atoms with van der Waals surface area (Å²) in [5, 5.41) is 18.7. The third-order valence-corrected chi connectivity index (χ3v) is 2.46. The number of hydrogen-bond acceptors (Lipinski definition) is 5. The fraction of sp³-hybridized carbons (Fsp3) is 1.00. The Hall–Kier alpha value is -0.200. The van der Waals surface area contributed by atoms with Crippen LogP contribution >= 0.6 is 0 Å². The smallest absolute Gasteiger partial charge is 0.0900 e. The number of unbranched alkanes of at least 4 members (excludes halogenated alkanes) is 1. The van der Waals surface area contributed by atoms with Crippen molar-refractivity contribution in [2.45, 2.75) is 25.9 Å². The lowest BCUT2D eigenvalue weighted by atomic mass is 10.2. The molecule has 1 atom stereocenters. The van der Waals surface area contributed by atoms with Crippen molar-refractivity contribution in [2.24, 2.45) is 0 Å². The summed E-state index contributed by atoms with van der Waals surface area (Å²) in [4.78, 5) is 2.06. The maximum Gasteiger partial charge on any atom is 0.0900 e. The van der Waals surface area contributed by atoms with Crippen molar-refractivity contribution < 1.29 is 19.7 Å². The van der Waals surface area contributed by atoms with Crippen molar-refractivity contribution in [3.05, 3.63) is 0 Å². The normalized spacial score (nSPS) is 13.2. The van der Waals surface area contributed by atoms with Gasteiger partial charge in [-0.05, 0) is 13.0 Å². The average Bonchev–Trinajstić information content (AvgIpc) is 2.32. The number of aliphatic hydroxyl groups excluding tert-OH is 2. The predicted octanol–water partition coefficient (Wildman–Crippen LogP) is 0.105. The molecule has 0 bridgehead atoms. The van der Waals surface area contributed by atoms with Gasteiger partial charge in [-0.15, -0.1) is 0 Å². The molecule has 5 heteroatoms. The van der Waals surface area contributed by atoms with Crippen molar-refractivity contribution in [1.29, 1.82) is 0 Å². The molecule has 5 nitrogen and oxygen atoms in total. The minimum Gasteiger partial charge on any atom is -0.395 e. The highest BCUT2D eigenvalue weighted by molar-refractivity contribution is 4.64. The van der Waals surface area contributed by atoms with E-state index in [9.17, 15) is 5.11 Å². The summed E-state index contributed by atoms with van der Waals surface area (Å²) in [6, 6.07) is 0. The molecule has 0 aromatic heterocycles. The Kier molecular flexibility index (Phi) is 12.1. The third kappa shape index (κ3) is 10.7. The number of hydrogen-bond donors (Lipinski definition) is 2. The van der Waals surface area contributed by atoms with E-state index in [0.717, 1.165) is 19.4 Å². The zero-order valence-corrected chi connectivity index (χ0v) is 11.1. The van der Waals surface area contributed by atoms with Crippen molar-refractivity contribution in [3.63, 3.8) is 0 Å². The van der Waals surface area contributed by atoms with Crippen LogP contribution in [0.2, 0.25) is 0 Å². The van der Waals surface area contributed by atoms with Crippen LogP contribution < -0.4 is 0 Å². The Labute approximate surface area is 104 Å². The second-order valence-electron chi connectivity index (χ2n) is 4.10. The molecule has 0 fully saturated rings. The second-order valence-corrected chi connectivity index (χ2v) is 4.10. The topological polar surface area (TPSA) is 62.2 Å². The average molecular weight is 249 g/mol. The summed E-state index contributed by atoms with van der Waals surface area (Å²) in [7, 11) is 1.62. The first-order valence-corrected chi connectivity index (χ1v) is 6.32. The van der Waals surface area contributed by atoms with Crippen molar-refractivity contribution in [3.8, 4) is 0 Å². The first kappa shape index (κ1) is 16.8. The van der Waals surface area contributed by atoms with Gasteiger partial charge in [0.25, 0.3) is 0 Å². The Morgan fingerprint density at radius 3 is 2.59 bits per heavy atom. The van der Waals surface area contributed by atoms with Crippen LogP contribution in [-0.4, -0.2) is 74.4 Å². The largest absolute Gasteiger partial charge is 0.395 e. The van der Waals surface area contributed by atoms with Crippen molar-refractivity contribution in [1.82, 2.24) is 4.90 Å². The van der Waals surface area contributed by atoms with E-state index < -0.39 is 6.10 Å². The van der Waals surface area contributed by atoms with Gasteiger partial charge in [-0.3, -0.25) is 4.90 Å². The van der Waals surface area contributed by atoms with E-state index in [1.54, 1.807) is 7.11 Å². The molecular weight excluding hydrogens is 222 g/mol. The van der Waals surface area contributed by atoms with Crippen LogP contribution in [0.15, 0.2) is 0 Å². The molecule has 104 valence electrons. The Balaban J connectivity index is 3.66. The van der Waals surface area contributed by atoms with Crippen molar-refractivity contribution in [2.75, 3.05) is 53.2 Å². The molecular formula is C12H27NO4. The standard InChI is InChI=1S/C12H27NO4/c1-3-4-5-13(6-7-14)10-12(15)11-17-9-8-16-2/h12,14-15H,3-11H2,1-2H3.